The maximum absolute atomic E-state index is 12.3. The third-order valence-corrected chi connectivity index (χ3v) is 4.04. The van der Waals surface area contributed by atoms with Crippen molar-refractivity contribution in [3.05, 3.63) is 77.3 Å². The molecule has 0 aliphatic rings. The third-order valence-electron chi connectivity index (χ3n) is 4.04. The van der Waals surface area contributed by atoms with E-state index in [1.165, 1.54) is 0 Å². The van der Waals surface area contributed by atoms with Crippen molar-refractivity contribution < 1.29 is 19.1 Å². The van der Waals surface area contributed by atoms with E-state index in [1.807, 2.05) is 67.6 Å². The van der Waals surface area contributed by atoms with Crippen molar-refractivity contribution in [2.75, 3.05) is 0 Å². The molecule has 134 valence electrons. The Kier molecular flexibility index (Phi) is 7.28. The lowest BCUT2D eigenvalue weighted by atomic mass is 9.88. The monoisotopic (exact) mass is 351 g/mol. The van der Waals surface area contributed by atoms with Gasteiger partial charge in [0.1, 0.15) is 6.61 Å². The molecule has 0 spiro atoms. The highest BCUT2D eigenvalue weighted by molar-refractivity contribution is 6.26. The number of nitrogens with one attached hydrogen (secondary N) is 1. The van der Waals surface area contributed by atoms with Gasteiger partial charge in [0.05, 0.1) is 12.0 Å². The van der Waals surface area contributed by atoms with E-state index >= 15 is 0 Å². The second-order valence-electron chi connectivity index (χ2n) is 5.76. The highest BCUT2D eigenvalue weighted by Gasteiger charge is 2.30. The van der Waals surface area contributed by atoms with Crippen LogP contribution >= 0.6 is 0 Å². The number of Topliss-reactive ketones (excluding diaryl/α,β-unsaturated/α-hetero) is 1. The van der Waals surface area contributed by atoms with Crippen LogP contribution in [0.1, 0.15) is 30.5 Å². The Morgan fingerprint density at radius 1 is 1.12 bits per heavy atom. The molecule has 2 atom stereocenters. The normalized spacial score (nSPS) is 12.3. The maximum Gasteiger partial charge on any atom is 0.407 e. The Hall–Kier alpha value is -3.24. The summed E-state index contributed by atoms with van der Waals surface area (Å²) in [6, 6.07) is 17.9. The van der Waals surface area contributed by atoms with Crippen molar-refractivity contribution in [3.63, 3.8) is 0 Å². The van der Waals surface area contributed by atoms with Gasteiger partial charge in [0.25, 0.3) is 0 Å². The van der Waals surface area contributed by atoms with E-state index in [4.69, 9.17) is 10.3 Å². The molecule has 1 N–H and O–H groups in total. The summed E-state index contributed by atoms with van der Waals surface area (Å²) in [4.78, 5) is 27.3. The minimum absolute atomic E-state index is 0.136. The number of nitrogens with zero attached hydrogens (tertiary/aromatic N) is 2. The second kappa shape index (κ2) is 9.91. The van der Waals surface area contributed by atoms with Gasteiger partial charge in [0.15, 0.2) is 0 Å². The van der Waals surface area contributed by atoms with Crippen molar-refractivity contribution >= 4 is 18.1 Å². The molecule has 0 aliphatic carbocycles. The summed E-state index contributed by atoms with van der Waals surface area (Å²) in [7, 11) is 0. The summed E-state index contributed by atoms with van der Waals surface area (Å²) in [5, 5.41) is 2.77. The van der Waals surface area contributed by atoms with Crippen molar-refractivity contribution in [3.8, 4) is 0 Å². The largest absolute Gasteiger partial charge is 0.445 e. The van der Waals surface area contributed by atoms with Crippen LogP contribution in [-0.2, 0) is 16.1 Å². The lowest BCUT2D eigenvalue weighted by Crippen LogP contribution is -2.37. The Morgan fingerprint density at radius 2 is 1.73 bits per heavy atom. The molecule has 0 bridgehead atoms. The molecule has 0 saturated carbocycles. The van der Waals surface area contributed by atoms with Gasteiger partial charge in [0, 0.05) is 0 Å². The predicted molar refractivity (Wildman–Crippen MR) is 97.4 cm³/mol. The summed E-state index contributed by atoms with van der Waals surface area (Å²) in [6.07, 6.45) is 0.708. The highest BCUT2D eigenvalue weighted by atomic mass is 16.5. The molecule has 2 rings (SSSR count). The predicted octanol–water partition coefficient (Wildman–Crippen LogP) is 3.55. The van der Waals surface area contributed by atoms with Crippen molar-refractivity contribution in [1.29, 1.82) is 0 Å². The molecular weight excluding hydrogens is 330 g/mol. The number of ether oxygens (including phenoxy) is 1. The van der Waals surface area contributed by atoms with Crippen LogP contribution in [0.25, 0.3) is 5.53 Å². The quantitative estimate of drug-likeness (QED) is 0.448. The molecule has 26 heavy (non-hydrogen) atoms. The minimum Gasteiger partial charge on any atom is -0.445 e. The number of alkyl carbamates (subject to hydrolysis) is 1. The molecule has 2 aromatic rings. The number of carbonyl (C=O) groups excluding carboxylic acids is 2. The first-order valence-corrected chi connectivity index (χ1v) is 8.39. The Morgan fingerprint density at radius 3 is 2.31 bits per heavy atom. The SMILES string of the molecule is CC[C@@H](C(=O)C=[N+]=[N-])[C@@H](NC(=O)OCc1ccccc1)c1ccccc1. The number of ketones is 1. The fourth-order valence-electron chi connectivity index (χ4n) is 2.72. The zero-order valence-electron chi connectivity index (χ0n) is 14.5. The molecule has 1 amide bonds. The average Bonchev–Trinajstić information content (AvgIpc) is 2.68. The van der Waals surface area contributed by atoms with Crippen LogP contribution in [0, 0.1) is 5.92 Å². The van der Waals surface area contributed by atoms with Crippen LogP contribution in [0.15, 0.2) is 60.7 Å². The molecule has 0 heterocycles. The number of hydrogen-bond donors (Lipinski definition) is 1. The number of hydrogen-bond acceptors (Lipinski definition) is 3. The summed E-state index contributed by atoms with van der Waals surface area (Å²) >= 11 is 0. The molecule has 0 aliphatic heterocycles. The van der Waals surface area contributed by atoms with Gasteiger partial charge in [0.2, 0.25) is 5.78 Å². The van der Waals surface area contributed by atoms with E-state index in [2.05, 4.69) is 10.1 Å². The fourth-order valence-corrected chi connectivity index (χ4v) is 2.72. The number of carbonyl (C=O) groups is 2. The van der Waals surface area contributed by atoms with E-state index in [1.54, 1.807) is 0 Å². The van der Waals surface area contributed by atoms with Crippen LogP contribution < -0.4 is 5.32 Å². The summed E-state index contributed by atoms with van der Waals surface area (Å²) in [5.41, 5.74) is 10.3. The first kappa shape index (κ1) is 19.1. The van der Waals surface area contributed by atoms with E-state index in [0.29, 0.717) is 6.42 Å². The van der Waals surface area contributed by atoms with Gasteiger partial charge in [-0.15, -0.1) is 0 Å². The van der Waals surface area contributed by atoms with Crippen LogP contribution in [0.2, 0.25) is 0 Å². The molecule has 0 fully saturated rings. The van der Waals surface area contributed by atoms with Gasteiger partial charge in [-0.25, -0.2) is 4.79 Å². The molecule has 0 aromatic heterocycles. The van der Waals surface area contributed by atoms with Crippen molar-refractivity contribution in [2.45, 2.75) is 26.0 Å². The molecule has 0 radical (unpaired) electrons. The molecular formula is C20H21N3O3. The minimum atomic E-state index is -0.616. The zero-order valence-corrected chi connectivity index (χ0v) is 14.5. The maximum atomic E-state index is 12.3. The van der Waals surface area contributed by atoms with Crippen LogP contribution in [0.5, 0.6) is 0 Å². The number of rotatable bonds is 8. The summed E-state index contributed by atoms with van der Waals surface area (Å²) < 4.78 is 5.27. The van der Waals surface area contributed by atoms with Crippen LogP contribution in [-0.4, -0.2) is 22.9 Å². The topological polar surface area (TPSA) is 91.8 Å². The summed E-state index contributed by atoms with van der Waals surface area (Å²) in [5.74, 6) is -0.940. The first-order valence-electron chi connectivity index (χ1n) is 8.39. The van der Waals surface area contributed by atoms with Gasteiger partial charge in [-0.3, -0.25) is 4.79 Å². The fraction of sp³-hybridized carbons (Fsp3) is 0.250. The molecule has 2 aromatic carbocycles. The zero-order chi connectivity index (χ0) is 18.8. The Balaban J connectivity index is 2.14. The van der Waals surface area contributed by atoms with Gasteiger partial charge in [-0.1, -0.05) is 67.6 Å². The van der Waals surface area contributed by atoms with Crippen LogP contribution in [0.4, 0.5) is 4.79 Å². The van der Waals surface area contributed by atoms with Gasteiger partial charge in [-0.05, 0) is 17.5 Å². The van der Waals surface area contributed by atoms with E-state index in [9.17, 15) is 9.59 Å². The highest BCUT2D eigenvalue weighted by Crippen LogP contribution is 2.25. The number of benzene rings is 2. The standard InChI is InChI=1S/C20H21N3O3/c1-2-17(18(24)13-22-21)19(16-11-7-4-8-12-16)23-20(25)26-14-15-9-5-3-6-10-15/h3-13,17,19H,2,14H2,1H3,(H,23,25)/t17-,19-/m0/s1. The summed E-state index contributed by atoms with van der Waals surface area (Å²) in [6.45, 7) is 1.97. The molecule has 6 heteroatoms. The lowest BCUT2D eigenvalue weighted by molar-refractivity contribution is -0.120. The van der Waals surface area contributed by atoms with Gasteiger partial charge >= 0.3 is 12.3 Å². The smallest absolute Gasteiger partial charge is 0.407 e. The van der Waals surface area contributed by atoms with E-state index in [0.717, 1.165) is 17.3 Å². The van der Waals surface area contributed by atoms with Gasteiger partial charge < -0.3 is 15.6 Å². The second-order valence-corrected chi connectivity index (χ2v) is 5.76. The van der Waals surface area contributed by atoms with Crippen LogP contribution in [0.3, 0.4) is 0 Å². The van der Waals surface area contributed by atoms with Gasteiger partial charge in [-0.2, -0.15) is 4.79 Å². The lowest BCUT2D eigenvalue weighted by Gasteiger charge is -2.24. The molecule has 6 nitrogen and oxygen atoms in total. The Bertz CT molecular complexity index is 771. The average molecular weight is 351 g/mol. The molecule has 0 unspecified atom stereocenters. The Labute approximate surface area is 152 Å². The van der Waals surface area contributed by atoms with Crippen molar-refractivity contribution in [2.24, 2.45) is 5.92 Å². The first-order chi connectivity index (χ1) is 12.7. The van der Waals surface area contributed by atoms with E-state index < -0.39 is 18.1 Å². The molecule has 0 saturated heterocycles. The van der Waals surface area contributed by atoms with Crippen molar-refractivity contribution in [1.82, 2.24) is 5.32 Å². The van der Waals surface area contributed by atoms with E-state index in [-0.39, 0.29) is 12.4 Å². The number of amides is 1. The third kappa shape index (κ3) is 5.40.